The molecule has 3 heteroatoms. The summed E-state index contributed by atoms with van der Waals surface area (Å²) in [4.78, 5) is 2.57. The molecule has 15 heavy (non-hydrogen) atoms. The molecule has 90 valence electrons. The van der Waals surface area contributed by atoms with E-state index in [-0.39, 0.29) is 0 Å². The third kappa shape index (κ3) is 3.57. The third-order valence-electron chi connectivity index (χ3n) is 3.95. The van der Waals surface area contributed by atoms with E-state index < -0.39 is 0 Å². The van der Waals surface area contributed by atoms with Crippen LogP contribution in [-0.2, 0) is 0 Å². The second kappa shape index (κ2) is 6.41. The minimum absolute atomic E-state index is 0.436. The van der Waals surface area contributed by atoms with Gasteiger partial charge in [-0.2, -0.15) is 24.4 Å². The van der Waals surface area contributed by atoms with Crippen LogP contribution >= 0.6 is 24.4 Å². The topological polar surface area (TPSA) is 3.24 Å². The predicted molar refractivity (Wildman–Crippen MR) is 75.2 cm³/mol. The Bertz CT molecular complexity index is 166. The minimum atomic E-state index is 0.436. The van der Waals surface area contributed by atoms with Crippen molar-refractivity contribution in [3.8, 4) is 0 Å². The van der Waals surface area contributed by atoms with E-state index in [1.54, 1.807) is 0 Å². The Labute approximate surface area is 105 Å². The van der Waals surface area contributed by atoms with Gasteiger partial charge in [-0.15, -0.1) is 0 Å². The van der Waals surface area contributed by atoms with Crippen molar-refractivity contribution in [2.45, 2.75) is 39.2 Å². The van der Waals surface area contributed by atoms with E-state index in [0.29, 0.717) is 5.41 Å². The second-order valence-corrected chi connectivity index (χ2v) is 6.26. The van der Waals surface area contributed by atoms with Crippen molar-refractivity contribution in [3.63, 3.8) is 0 Å². The number of thiol groups is 1. The number of hydrogen-bond acceptors (Lipinski definition) is 3. The molecular weight excluding hydrogens is 222 g/mol. The summed E-state index contributed by atoms with van der Waals surface area (Å²) in [6, 6.07) is 0.812. The normalized spacial score (nSPS) is 22.6. The van der Waals surface area contributed by atoms with E-state index in [1.807, 2.05) is 0 Å². The molecule has 1 rings (SSSR count). The van der Waals surface area contributed by atoms with Crippen molar-refractivity contribution >= 4 is 24.4 Å². The average Bonchev–Trinajstić information content (AvgIpc) is 2.79. The predicted octanol–water partition coefficient (Wildman–Crippen LogP) is 3.16. The first-order chi connectivity index (χ1) is 7.17. The number of hydrogen-bond donors (Lipinski definition) is 1. The summed E-state index contributed by atoms with van der Waals surface area (Å²) in [7, 11) is 2.29. The molecule has 1 heterocycles. The first-order valence-corrected chi connectivity index (χ1v) is 7.85. The highest BCUT2D eigenvalue weighted by molar-refractivity contribution is 7.99. The zero-order chi connectivity index (χ0) is 11.3. The fraction of sp³-hybridized carbons (Fsp3) is 1.00. The molecule has 1 fully saturated rings. The van der Waals surface area contributed by atoms with Crippen LogP contribution in [0.3, 0.4) is 0 Å². The molecule has 0 aliphatic carbocycles. The zero-order valence-electron chi connectivity index (χ0n) is 10.3. The third-order valence-corrected chi connectivity index (χ3v) is 5.76. The van der Waals surface area contributed by atoms with Crippen molar-refractivity contribution in [3.05, 3.63) is 0 Å². The van der Waals surface area contributed by atoms with Crippen LogP contribution in [0.1, 0.15) is 33.1 Å². The fourth-order valence-corrected chi connectivity index (χ4v) is 4.12. The van der Waals surface area contributed by atoms with Crippen LogP contribution in [0, 0.1) is 5.41 Å². The Balaban J connectivity index is 2.49. The molecule has 0 radical (unpaired) electrons. The first-order valence-electron chi connectivity index (χ1n) is 6.06. The van der Waals surface area contributed by atoms with Crippen molar-refractivity contribution in [1.29, 1.82) is 0 Å². The van der Waals surface area contributed by atoms with Crippen LogP contribution in [0.4, 0.5) is 0 Å². The summed E-state index contributed by atoms with van der Waals surface area (Å²) in [6.45, 7) is 5.82. The van der Waals surface area contributed by atoms with E-state index in [4.69, 9.17) is 0 Å². The molecular formula is C12H25NS2. The van der Waals surface area contributed by atoms with Crippen molar-refractivity contribution < 1.29 is 0 Å². The van der Waals surface area contributed by atoms with Gasteiger partial charge in [0.2, 0.25) is 0 Å². The molecule has 0 amide bonds. The van der Waals surface area contributed by atoms with Gasteiger partial charge in [-0.3, -0.25) is 0 Å². The van der Waals surface area contributed by atoms with Gasteiger partial charge in [0.25, 0.3) is 0 Å². The quantitative estimate of drug-likeness (QED) is 0.718. The molecule has 1 unspecified atom stereocenters. The van der Waals surface area contributed by atoms with E-state index >= 15 is 0 Å². The lowest BCUT2D eigenvalue weighted by Crippen LogP contribution is -2.41. The van der Waals surface area contributed by atoms with Gasteiger partial charge in [0.05, 0.1) is 0 Å². The van der Waals surface area contributed by atoms with E-state index in [1.165, 1.54) is 37.3 Å². The Morgan fingerprint density at radius 1 is 1.40 bits per heavy atom. The van der Waals surface area contributed by atoms with Crippen LogP contribution in [0.25, 0.3) is 0 Å². The molecule has 0 aromatic rings. The summed E-state index contributed by atoms with van der Waals surface area (Å²) >= 11 is 6.65. The smallest absolute Gasteiger partial charge is 0.0191 e. The van der Waals surface area contributed by atoms with Crippen LogP contribution in [-0.4, -0.2) is 41.8 Å². The molecule has 1 saturated heterocycles. The standard InChI is InChI=1S/C12H25NS2/c1-4-12(5-2,10-14)9-13(3)11-6-7-15-8-11/h11,14H,4-10H2,1-3H3. The number of nitrogens with zero attached hydrogens (tertiary/aromatic N) is 1. The molecule has 0 aromatic heterocycles. The lowest BCUT2D eigenvalue weighted by Gasteiger charge is -2.37. The summed E-state index contributed by atoms with van der Waals surface area (Å²) in [5.74, 6) is 3.69. The molecule has 0 saturated carbocycles. The van der Waals surface area contributed by atoms with Crippen LogP contribution in [0.2, 0.25) is 0 Å². The Morgan fingerprint density at radius 2 is 2.07 bits per heavy atom. The van der Waals surface area contributed by atoms with E-state index in [0.717, 1.165) is 11.8 Å². The monoisotopic (exact) mass is 247 g/mol. The average molecular weight is 247 g/mol. The highest BCUT2D eigenvalue weighted by Crippen LogP contribution is 2.31. The largest absolute Gasteiger partial charge is 0.302 e. The fourth-order valence-electron chi connectivity index (χ4n) is 2.28. The molecule has 1 aliphatic heterocycles. The maximum absolute atomic E-state index is 4.55. The Morgan fingerprint density at radius 3 is 2.47 bits per heavy atom. The maximum atomic E-state index is 4.55. The summed E-state index contributed by atoms with van der Waals surface area (Å²) in [5.41, 5.74) is 0.436. The van der Waals surface area contributed by atoms with Gasteiger partial charge in [0.1, 0.15) is 0 Å². The second-order valence-electron chi connectivity index (χ2n) is 4.80. The van der Waals surface area contributed by atoms with Gasteiger partial charge >= 0.3 is 0 Å². The number of thioether (sulfide) groups is 1. The summed E-state index contributed by atoms with van der Waals surface area (Å²) < 4.78 is 0. The molecule has 0 bridgehead atoms. The van der Waals surface area contributed by atoms with E-state index in [2.05, 4.69) is 50.2 Å². The van der Waals surface area contributed by atoms with Crippen molar-refractivity contribution in [2.75, 3.05) is 30.9 Å². The van der Waals surface area contributed by atoms with Crippen molar-refractivity contribution in [2.24, 2.45) is 5.41 Å². The van der Waals surface area contributed by atoms with Crippen LogP contribution in [0.15, 0.2) is 0 Å². The SMILES string of the molecule is CCC(CC)(CS)CN(C)C1CCSC1. The lowest BCUT2D eigenvalue weighted by atomic mass is 9.83. The molecule has 1 nitrogen and oxygen atoms in total. The minimum Gasteiger partial charge on any atom is -0.302 e. The molecule has 0 aromatic carbocycles. The molecule has 0 spiro atoms. The molecule has 1 atom stereocenters. The molecule has 0 N–H and O–H groups in total. The maximum Gasteiger partial charge on any atom is 0.0191 e. The summed E-state index contributed by atoms with van der Waals surface area (Å²) in [5, 5.41) is 0. The molecule has 1 aliphatic rings. The summed E-state index contributed by atoms with van der Waals surface area (Å²) in [6.07, 6.45) is 3.87. The lowest BCUT2D eigenvalue weighted by molar-refractivity contribution is 0.152. The van der Waals surface area contributed by atoms with Gasteiger partial charge < -0.3 is 4.90 Å². The van der Waals surface area contributed by atoms with Gasteiger partial charge in [0, 0.05) is 18.3 Å². The van der Waals surface area contributed by atoms with E-state index in [9.17, 15) is 0 Å². The highest BCUT2D eigenvalue weighted by atomic mass is 32.2. The van der Waals surface area contributed by atoms with Crippen molar-refractivity contribution in [1.82, 2.24) is 4.90 Å². The van der Waals surface area contributed by atoms with Gasteiger partial charge in [0.15, 0.2) is 0 Å². The zero-order valence-corrected chi connectivity index (χ0v) is 12.0. The van der Waals surface area contributed by atoms with Gasteiger partial charge in [-0.25, -0.2) is 0 Å². The first kappa shape index (κ1) is 13.7. The number of rotatable bonds is 6. The van der Waals surface area contributed by atoms with Gasteiger partial charge in [-0.1, -0.05) is 13.8 Å². The van der Waals surface area contributed by atoms with Crippen LogP contribution < -0.4 is 0 Å². The van der Waals surface area contributed by atoms with Gasteiger partial charge in [-0.05, 0) is 43.2 Å². The highest BCUT2D eigenvalue weighted by Gasteiger charge is 2.29. The Hall–Kier alpha value is 0.660. The van der Waals surface area contributed by atoms with Crippen LogP contribution in [0.5, 0.6) is 0 Å². The Kier molecular flexibility index (Phi) is 5.86.